The molecule has 0 fully saturated rings. The highest BCUT2D eigenvalue weighted by atomic mass is 79.9. The Labute approximate surface area is 109 Å². The van der Waals surface area contributed by atoms with Crippen LogP contribution in [-0.2, 0) is 5.33 Å². The van der Waals surface area contributed by atoms with Gasteiger partial charge in [0, 0.05) is 10.9 Å². The average Bonchev–Trinajstić information content (AvgIpc) is 2.17. The number of pyridine rings is 1. The van der Waals surface area contributed by atoms with E-state index in [-0.39, 0.29) is 15.5 Å². The van der Waals surface area contributed by atoms with Gasteiger partial charge in [-0.1, -0.05) is 15.9 Å². The lowest BCUT2D eigenvalue weighted by molar-refractivity contribution is -0.275. The van der Waals surface area contributed by atoms with Gasteiger partial charge in [0.2, 0.25) is 0 Å². The Bertz CT molecular complexity index is 410. The van der Waals surface area contributed by atoms with E-state index >= 15 is 0 Å². The molecule has 0 aliphatic carbocycles. The minimum Gasteiger partial charge on any atom is -0.404 e. The van der Waals surface area contributed by atoms with Crippen molar-refractivity contribution in [1.29, 1.82) is 0 Å². The lowest BCUT2D eigenvalue weighted by Crippen LogP contribution is -2.19. The first kappa shape index (κ1) is 14.6. The molecule has 0 atom stereocenters. The number of rotatable bonds is 3. The Morgan fingerprint density at radius 3 is 2.35 bits per heavy atom. The number of alkyl halides is 6. The number of nitrogens with zero attached hydrogens (tertiary/aromatic N) is 1. The average molecular weight is 385 g/mol. The van der Waals surface area contributed by atoms with Crippen molar-refractivity contribution in [2.24, 2.45) is 0 Å². The first-order valence-electron chi connectivity index (χ1n) is 4.03. The molecule has 0 aliphatic rings. The molecule has 0 amide bonds. The van der Waals surface area contributed by atoms with Gasteiger partial charge in [-0.3, -0.25) is 0 Å². The molecule has 0 N–H and O–H groups in total. The standard InChI is InChI=1S/C8H4Br2F5NO/c9-1-3-4(17-8(13,14)15)2-16-6(10)5(3)7(11)12/h2,7H,1H2. The predicted octanol–water partition coefficient (Wildman–Crippen LogP) is 4.58. The maximum absolute atomic E-state index is 12.7. The maximum Gasteiger partial charge on any atom is 0.573 e. The monoisotopic (exact) mass is 383 g/mol. The third kappa shape index (κ3) is 3.77. The van der Waals surface area contributed by atoms with E-state index < -0.39 is 24.1 Å². The summed E-state index contributed by atoms with van der Waals surface area (Å²) in [6.07, 6.45) is -7.17. The molecule has 1 rings (SSSR count). The number of hydrogen-bond donors (Lipinski definition) is 0. The van der Waals surface area contributed by atoms with Crippen LogP contribution in [0.2, 0.25) is 0 Å². The van der Waals surface area contributed by atoms with Gasteiger partial charge in [-0.15, -0.1) is 13.2 Å². The zero-order valence-electron chi connectivity index (χ0n) is 7.86. The molecule has 17 heavy (non-hydrogen) atoms. The third-order valence-electron chi connectivity index (χ3n) is 1.72. The van der Waals surface area contributed by atoms with Crippen molar-refractivity contribution in [2.45, 2.75) is 18.1 Å². The van der Waals surface area contributed by atoms with Crippen LogP contribution in [0.1, 0.15) is 17.6 Å². The number of halogens is 7. The Morgan fingerprint density at radius 1 is 1.35 bits per heavy atom. The van der Waals surface area contributed by atoms with Gasteiger partial charge in [0.25, 0.3) is 6.43 Å². The van der Waals surface area contributed by atoms with Crippen molar-refractivity contribution in [1.82, 2.24) is 4.98 Å². The van der Waals surface area contributed by atoms with Crippen LogP contribution < -0.4 is 4.74 Å². The van der Waals surface area contributed by atoms with Crippen molar-refractivity contribution >= 4 is 31.9 Å². The number of aromatic nitrogens is 1. The van der Waals surface area contributed by atoms with E-state index in [9.17, 15) is 22.0 Å². The van der Waals surface area contributed by atoms with Gasteiger partial charge < -0.3 is 4.74 Å². The van der Waals surface area contributed by atoms with E-state index in [1.54, 1.807) is 0 Å². The van der Waals surface area contributed by atoms with Gasteiger partial charge in [0.05, 0.1) is 11.8 Å². The summed E-state index contributed by atoms with van der Waals surface area (Å²) in [5.41, 5.74) is -0.914. The highest BCUT2D eigenvalue weighted by Gasteiger charge is 2.33. The molecule has 1 heterocycles. The minimum absolute atomic E-state index is 0.209. The molecule has 0 aliphatic heterocycles. The van der Waals surface area contributed by atoms with Crippen LogP contribution in [0.5, 0.6) is 5.75 Å². The molecule has 96 valence electrons. The maximum atomic E-state index is 12.7. The predicted molar refractivity (Wildman–Crippen MR) is 56.2 cm³/mol. The zero-order chi connectivity index (χ0) is 13.2. The quantitative estimate of drug-likeness (QED) is 0.432. The Kier molecular flexibility index (Phi) is 4.70. The summed E-state index contributed by atoms with van der Waals surface area (Å²) in [6.45, 7) is 0. The second-order valence-corrected chi connectivity index (χ2v) is 4.10. The van der Waals surface area contributed by atoms with Crippen LogP contribution in [0, 0.1) is 0 Å². The van der Waals surface area contributed by atoms with Crippen molar-refractivity contribution in [3.63, 3.8) is 0 Å². The lowest BCUT2D eigenvalue weighted by Gasteiger charge is -2.15. The summed E-state index contributed by atoms with van der Waals surface area (Å²) in [6, 6.07) is 0. The van der Waals surface area contributed by atoms with E-state index in [1.165, 1.54) is 0 Å². The Balaban J connectivity index is 3.28. The minimum atomic E-state index is -4.95. The van der Waals surface area contributed by atoms with E-state index in [0.717, 1.165) is 6.20 Å². The fraction of sp³-hybridized carbons (Fsp3) is 0.375. The second kappa shape index (κ2) is 5.47. The highest BCUT2D eigenvalue weighted by Crippen LogP contribution is 2.37. The number of hydrogen-bond acceptors (Lipinski definition) is 2. The smallest absolute Gasteiger partial charge is 0.404 e. The molecule has 0 saturated heterocycles. The van der Waals surface area contributed by atoms with Crippen molar-refractivity contribution in [2.75, 3.05) is 0 Å². The van der Waals surface area contributed by atoms with E-state index in [1.807, 2.05) is 0 Å². The summed E-state index contributed by atoms with van der Waals surface area (Å²) < 4.78 is 64.8. The van der Waals surface area contributed by atoms with Gasteiger partial charge in [0.15, 0.2) is 5.75 Å². The van der Waals surface area contributed by atoms with E-state index in [2.05, 4.69) is 41.6 Å². The molecule has 0 bridgehead atoms. The van der Waals surface area contributed by atoms with Gasteiger partial charge in [-0.25, -0.2) is 13.8 Å². The molecule has 0 radical (unpaired) electrons. The number of ether oxygens (including phenoxy) is 1. The van der Waals surface area contributed by atoms with Crippen LogP contribution in [0.25, 0.3) is 0 Å². The largest absolute Gasteiger partial charge is 0.573 e. The van der Waals surface area contributed by atoms with Gasteiger partial charge in [-0.05, 0) is 15.9 Å². The summed E-state index contributed by atoms with van der Waals surface area (Å²) in [5.74, 6) is -0.743. The molecule has 2 nitrogen and oxygen atoms in total. The Hall–Kier alpha value is -0.440. The van der Waals surface area contributed by atoms with Crippen molar-refractivity contribution in [3.8, 4) is 5.75 Å². The van der Waals surface area contributed by atoms with Crippen molar-refractivity contribution in [3.05, 3.63) is 21.9 Å². The van der Waals surface area contributed by atoms with Crippen LogP contribution in [0.4, 0.5) is 22.0 Å². The van der Waals surface area contributed by atoms with Crippen LogP contribution in [0.15, 0.2) is 10.8 Å². The highest BCUT2D eigenvalue weighted by molar-refractivity contribution is 9.10. The van der Waals surface area contributed by atoms with E-state index in [4.69, 9.17) is 0 Å². The SMILES string of the molecule is FC(F)c1c(Br)ncc(OC(F)(F)F)c1CBr. The molecule has 1 aromatic rings. The molecule has 0 saturated carbocycles. The normalized spacial score (nSPS) is 12.0. The molecule has 1 aromatic heterocycles. The molecular formula is C8H4Br2F5NO. The Morgan fingerprint density at radius 2 is 1.94 bits per heavy atom. The molecule has 0 aromatic carbocycles. The summed E-state index contributed by atoms with van der Waals surface area (Å²) >= 11 is 5.59. The second-order valence-electron chi connectivity index (χ2n) is 2.79. The van der Waals surface area contributed by atoms with Gasteiger partial charge in [-0.2, -0.15) is 0 Å². The first-order chi connectivity index (χ1) is 7.76. The fourth-order valence-corrected chi connectivity index (χ4v) is 2.19. The first-order valence-corrected chi connectivity index (χ1v) is 5.95. The summed E-state index contributed by atoms with van der Waals surface area (Å²) in [5, 5.41) is -0.209. The van der Waals surface area contributed by atoms with E-state index in [0.29, 0.717) is 0 Å². The molecule has 9 heteroatoms. The topological polar surface area (TPSA) is 22.1 Å². The molecular weight excluding hydrogens is 381 g/mol. The van der Waals surface area contributed by atoms with Crippen LogP contribution >= 0.6 is 31.9 Å². The summed E-state index contributed by atoms with van der Waals surface area (Å²) in [4.78, 5) is 3.38. The fourth-order valence-electron chi connectivity index (χ4n) is 1.09. The zero-order valence-corrected chi connectivity index (χ0v) is 11.0. The van der Waals surface area contributed by atoms with Crippen LogP contribution in [0.3, 0.4) is 0 Å². The van der Waals surface area contributed by atoms with Crippen LogP contribution in [-0.4, -0.2) is 11.3 Å². The summed E-state index contributed by atoms with van der Waals surface area (Å²) in [7, 11) is 0. The van der Waals surface area contributed by atoms with Gasteiger partial charge in [0.1, 0.15) is 4.60 Å². The van der Waals surface area contributed by atoms with Crippen molar-refractivity contribution < 1.29 is 26.7 Å². The lowest BCUT2D eigenvalue weighted by atomic mass is 10.1. The molecule has 0 spiro atoms. The third-order valence-corrected chi connectivity index (χ3v) is 2.91. The molecule has 0 unspecified atom stereocenters. The van der Waals surface area contributed by atoms with Gasteiger partial charge >= 0.3 is 6.36 Å².